The molecule has 2 heterocycles. The van der Waals surface area contributed by atoms with Gasteiger partial charge >= 0.3 is 6.18 Å². The Kier molecular flexibility index (Phi) is 4.99. The van der Waals surface area contributed by atoms with E-state index in [1.165, 1.54) is 28.8 Å². The van der Waals surface area contributed by atoms with Crippen molar-refractivity contribution in [2.75, 3.05) is 6.61 Å². The second-order valence-electron chi connectivity index (χ2n) is 6.69. The summed E-state index contributed by atoms with van der Waals surface area (Å²) < 4.78 is 71.5. The van der Waals surface area contributed by atoms with E-state index in [2.05, 4.69) is 9.97 Å². The van der Waals surface area contributed by atoms with Crippen molar-refractivity contribution in [3.8, 4) is 0 Å². The molecule has 4 rings (SSSR count). The van der Waals surface area contributed by atoms with Crippen LogP contribution in [0.2, 0.25) is 0 Å². The molecular weight excluding hydrogens is 419 g/mol. The average molecular weight is 435 g/mol. The van der Waals surface area contributed by atoms with Crippen LogP contribution in [0.3, 0.4) is 0 Å². The van der Waals surface area contributed by atoms with Gasteiger partial charge in [0.05, 0.1) is 22.5 Å². The lowest BCUT2D eigenvalue weighted by atomic mass is 10.2. The van der Waals surface area contributed by atoms with Crippen LogP contribution < -0.4 is 0 Å². The maximum Gasteiger partial charge on any atom is 0.437 e. The Balaban J connectivity index is 1.67. The van der Waals surface area contributed by atoms with E-state index in [0.29, 0.717) is 11.2 Å². The first-order valence-corrected chi connectivity index (χ1v) is 10.4. The Hall–Kier alpha value is -2.98. The van der Waals surface area contributed by atoms with E-state index in [1.54, 1.807) is 30.3 Å². The lowest BCUT2D eigenvalue weighted by Gasteiger charge is -2.12. The highest BCUT2D eigenvalue weighted by atomic mass is 32.2. The maximum absolute atomic E-state index is 13.5. The lowest BCUT2D eigenvalue weighted by Crippen LogP contribution is -2.13. The Bertz CT molecular complexity index is 1330. The van der Waals surface area contributed by atoms with Gasteiger partial charge in [-0.3, -0.25) is 8.58 Å². The van der Waals surface area contributed by atoms with Crippen LogP contribution in [0.4, 0.5) is 13.2 Å². The molecule has 0 amide bonds. The zero-order valence-corrected chi connectivity index (χ0v) is 16.5. The van der Waals surface area contributed by atoms with Crippen LogP contribution in [0, 0.1) is 6.92 Å². The largest absolute Gasteiger partial charge is 0.437 e. The standard InChI is InChI=1S/C20H16F3N3O3S/c1-13-6-8-15(9-7-13)30(27,28)29-11-10-14-12-24-19-18(20(21,22)23)25-16-4-2-3-5-17(16)26(14)19/h2-9,12H,10-11H2,1H3. The van der Waals surface area contributed by atoms with E-state index in [4.69, 9.17) is 4.18 Å². The minimum absolute atomic E-state index is 0.0141. The number of aryl methyl sites for hydroxylation is 1. The van der Waals surface area contributed by atoms with E-state index in [1.807, 2.05) is 6.92 Å². The van der Waals surface area contributed by atoms with Crippen LogP contribution in [0.5, 0.6) is 0 Å². The van der Waals surface area contributed by atoms with Crippen molar-refractivity contribution in [1.82, 2.24) is 14.4 Å². The summed E-state index contributed by atoms with van der Waals surface area (Å²) >= 11 is 0. The number of aromatic nitrogens is 3. The number of hydrogen-bond acceptors (Lipinski definition) is 5. The van der Waals surface area contributed by atoms with Gasteiger partial charge in [-0.25, -0.2) is 9.97 Å². The number of nitrogens with zero attached hydrogens (tertiary/aromatic N) is 3. The fourth-order valence-corrected chi connectivity index (χ4v) is 4.04. The molecule has 2 aromatic heterocycles. The van der Waals surface area contributed by atoms with Crippen LogP contribution in [0.25, 0.3) is 16.7 Å². The normalized spacial score (nSPS) is 12.7. The lowest BCUT2D eigenvalue weighted by molar-refractivity contribution is -0.139. The van der Waals surface area contributed by atoms with Gasteiger partial charge in [0.15, 0.2) is 11.3 Å². The highest BCUT2D eigenvalue weighted by Gasteiger charge is 2.37. The number of hydrogen-bond donors (Lipinski definition) is 0. The molecule has 0 aliphatic rings. The number of rotatable bonds is 5. The van der Waals surface area contributed by atoms with E-state index in [-0.39, 0.29) is 29.1 Å². The monoisotopic (exact) mass is 435 g/mol. The molecule has 0 spiro atoms. The van der Waals surface area contributed by atoms with Crippen LogP contribution in [0.15, 0.2) is 59.6 Å². The minimum Gasteiger partial charge on any atom is -0.293 e. The third kappa shape index (κ3) is 3.75. The Morgan fingerprint density at radius 1 is 1.07 bits per heavy atom. The van der Waals surface area contributed by atoms with Gasteiger partial charge in [-0.2, -0.15) is 21.6 Å². The molecule has 0 atom stereocenters. The van der Waals surface area contributed by atoms with Gasteiger partial charge in [0.1, 0.15) is 0 Å². The van der Waals surface area contributed by atoms with Crippen LogP contribution in [0.1, 0.15) is 17.0 Å². The first-order chi connectivity index (χ1) is 14.2. The van der Waals surface area contributed by atoms with Crippen LogP contribution >= 0.6 is 0 Å². The number of imidazole rings is 1. The van der Waals surface area contributed by atoms with Gasteiger partial charge in [0.25, 0.3) is 10.1 Å². The third-order valence-electron chi connectivity index (χ3n) is 4.58. The zero-order chi connectivity index (χ0) is 21.5. The third-order valence-corrected chi connectivity index (χ3v) is 5.90. The fourth-order valence-electron chi connectivity index (χ4n) is 3.14. The van der Waals surface area contributed by atoms with Crippen molar-refractivity contribution in [2.45, 2.75) is 24.4 Å². The molecule has 0 N–H and O–H groups in total. The van der Waals surface area contributed by atoms with Gasteiger partial charge in [0.2, 0.25) is 0 Å². The molecule has 2 aromatic carbocycles. The SMILES string of the molecule is Cc1ccc(S(=O)(=O)OCCc2cnc3c(C(F)(F)F)nc4ccccc4n23)cc1. The van der Waals surface area contributed by atoms with Crippen LogP contribution in [-0.2, 0) is 26.9 Å². The van der Waals surface area contributed by atoms with E-state index < -0.39 is 22.0 Å². The van der Waals surface area contributed by atoms with Crippen molar-refractivity contribution in [1.29, 1.82) is 0 Å². The van der Waals surface area contributed by atoms with E-state index in [9.17, 15) is 21.6 Å². The highest BCUT2D eigenvalue weighted by molar-refractivity contribution is 7.86. The van der Waals surface area contributed by atoms with Gasteiger partial charge in [-0.05, 0) is 31.2 Å². The molecule has 0 aliphatic carbocycles. The number of benzene rings is 2. The number of halogens is 3. The maximum atomic E-state index is 13.5. The molecule has 0 aliphatic heterocycles. The summed E-state index contributed by atoms with van der Waals surface area (Å²) in [7, 11) is -3.98. The molecule has 0 saturated heterocycles. The fraction of sp³-hybridized carbons (Fsp3) is 0.200. The van der Waals surface area contributed by atoms with E-state index >= 15 is 0 Å². The zero-order valence-electron chi connectivity index (χ0n) is 15.7. The summed E-state index contributed by atoms with van der Waals surface area (Å²) in [5.74, 6) is 0. The summed E-state index contributed by atoms with van der Waals surface area (Å²) in [6.45, 7) is 1.58. The molecule has 0 unspecified atom stereocenters. The Morgan fingerprint density at radius 3 is 2.47 bits per heavy atom. The summed E-state index contributed by atoms with van der Waals surface area (Å²) in [6, 6.07) is 12.6. The minimum atomic E-state index is -4.68. The summed E-state index contributed by atoms with van der Waals surface area (Å²) in [5.41, 5.74) is 0.450. The van der Waals surface area contributed by atoms with Crippen molar-refractivity contribution in [3.63, 3.8) is 0 Å². The number of alkyl halides is 3. The molecule has 30 heavy (non-hydrogen) atoms. The second-order valence-corrected chi connectivity index (χ2v) is 8.31. The molecule has 0 saturated carbocycles. The summed E-state index contributed by atoms with van der Waals surface area (Å²) in [4.78, 5) is 7.63. The summed E-state index contributed by atoms with van der Waals surface area (Å²) in [6.07, 6.45) is -3.36. The predicted molar refractivity (Wildman–Crippen MR) is 104 cm³/mol. The molecule has 156 valence electrons. The van der Waals surface area contributed by atoms with Crippen molar-refractivity contribution >= 4 is 26.8 Å². The number of para-hydroxylation sites is 2. The van der Waals surface area contributed by atoms with Crippen molar-refractivity contribution in [2.24, 2.45) is 0 Å². The van der Waals surface area contributed by atoms with Gasteiger partial charge < -0.3 is 0 Å². The van der Waals surface area contributed by atoms with Gasteiger partial charge in [-0.1, -0.05) is 29.8 Å². The highest BCUT2D eigenvalue weighted by Crippen LogP contribution is 2.33. The quantitative estimate of drug-likeness (QED) is 0.440. The molecule has 10 heteroatoms. The van der Waals surface area contributed by atoms with E-state index in [0.717, 1.165) is 5.56 Å². The van der Waals surface area contributed by atoms with Crippen LogP contribution in [-0.4, -0.2) is 29.4 Å². The van der Waals surface area contributed by atoms with Crippen molar-refractivity contribution < 1.29 is 25.8 Å². The second kappa shape index (κ2) is 7.37. The smallest absolute Gasteiger partial charge is 0.293 e. The molecule has 6 nitrogen and oxygen atoms in total. The average Bonchev–Trinajstić information content (AvgIpc) is 3.11. The molecule has 0 bridgehead atoms. The number of fused-ring (bicyclic) bond motifs is 3. The first-order valence-electron chi connectivity index (χ1n) is 8.95. The van der Waals surface area contributed by atoms with Crippen molar-refractivity contribution in [3.05, 3.63) is 71.7 Å². The molecular formula is C20H16F3N3O3S. The molecule has 4 aromatic rings. The molecule has 0 radical (unpaired) electrons. The Morgan fingerprint density at radius 2 is 1.77 bits per heavy atom. The predicted octanol–water partition coefficient (Wildman–Crippen LogP) is 4.16. The van der Waals surface area contributed by atoms with Gasteiger partial charge in [-0.15, -0.1) is 0 Å². The Labute approximate surface area is 170 Å². The topological polar surface area (TPSA) is 73.6 Å². The first kappa shape index (κ1) is 20.3. The molecule has 0 fully saturated rings. The van der Waals surface area contributed by atoms with Gasteiger partial charge in [0, 0.05) is 18.3 Å². The summed E-state index contributed by atoms with van der Waals surface area (Å²) in [5, 5.41) is 0.